The smallest absolute Gasteiger partial charge is 0.125 e. The number of phenols is 1. The van der Waals surface area contributed by atoms with Gasteiger partial charge in [-0.25, -0.2) is 14.8 Å². The molecule has 3 heterocycles. The van der Waals surface area contributed by atoms with Crippen molar-refractivity contribution >= 4 is 5.57 Å². The number of aromatic hydroxyl groups is 1. The van der Waals surface area contributed by atoms with Crippen LogP contribution in [0.15, 0.2) is 30.0 Å². The molecule has 31 heavy (non-hydrogen) atoms. The highest BCUT2D eigenvalue weighted by atomic mass is 19.1. The maximum Gasteiger partial charge on any atom is 0.125 e. The van der Waals surface area contributed by atoms with Gasteiger partial charge in [-0.2, -0.15) is 0 Å². The number of nitrogens with one attached hydrogen (secondary N) is 4. The van der Waals surface area contributed by atoms with Crippen molar-refractivity contribution in [3.05, 3.63) is 52.6 Å². The number of hydrazine groups is 1. The van der Waals surface area contributed by atoms with Gasteiger partial charge in [0, 0.05) is 18.4 Å². The fraction of sp³-hybridized carbons (Fsp3) is 0.542. The van der Waals surface area contributed by atoms with Gasteiger partial charge in [0.05, 0.1) is 24.0 Å². The number of alkyl halides is 1. The molecule has 1 aromatic carbocycles. The summed E-state index contributed by atoms with van der Waals surface area (Å²) in [6.45, 7) is 6.11. The third-order valence-corrected chi connectivity index (χ3v) is 7.41. The van der Waals surface area contributed by atoms with Gasteiger partial charge in [-0.1, -0.05) is 18.6 Å². The van der Waals surface area contributed by atoms with E-state index in [1.54, 1.807) is 12.1 Å². The summed E-state index contributed by atoms with van der Waals surface area (Å²) in [5.41, 5.74) is 12.4. The van der Waals surface area contributed by atoms with Gasteiger partial charge in [0.25, 0.3) is 0 Å². The monoisotopic (exact) mass is 425 g/mol. The summed E-state index contributed by atoms with van der Waals surface area (Å²) < 4.78 is 15.7. The first-order valence-electron chi connectivity index (χ1n) is 11.5. The van der Waals surface area contributed by atoms with Crippen LogP contribution in [0.1, 0.15) is 67.7 Å². The Hall–Kier alpha value is -2.22. The zero-order chi connectivity index (χ0) is 21.5. The SMILES string of the molecule is CCc1cc(O)ccc1C1CCC2C(c3ncc(C4=C(C)CNCC4)[nH]3)NNC2C1F. The summed E-state index contributed by atoms with van der Waals surface area (Å²) >= 11 is 0. The van der Waals surface area contributed by atoms with Crippen LogP contribution in [0.25, 0.3) is 5.57 Å². The van der Waals surface area contributed by atoms with Gasteiger partial charge in [-0.15, -0.1) is 0 Å². The topological polar surface area (TPSA) is 85.0 Å². The normalized spacial score (nSPS) is 31.1. The number of aryl methyl sites for hydroxylation is 1. The minimum absolute atomic E-state index is 0.0222. The summed E-state index contributed by atoms with van der Waals surface area (Å²) in [7, 11) is 0. The van der Waals surface area contributed by atoms with E-state index in [0.717, 1.165) is 61.4 Å². The van der Waals surface area contributed by atoms with Gasteiger partial charge in [0.1, 0.15) is 17.7 Å². The number of aromatic nitrogens is 2. The van der Waals surface area contributed by atoms with E-state index in [1.165, 1.54) is 11.1 Å². The van der Waals surface area contributed by atoms with Crippen molar-refractivity contribution in [1.29, 1.82) is 0 Å². The van der Waals surface area contributed by atoms with Crippen LogP contribution in [0.2, 0.25) is 0 Å². The molecule has 0 amide bonds. The number of rotatable bonds is 4. The number of hydrogen-bond acceptors (Lipinski definition) is 5. The molecule has 2 aromatic rings. The molecule has 5 atom stereocenters. The average Bonchev–Trinajstić information content (AvgIpc) is 3.42. The van der Waals surface area contributed by atoms with Gasteiger partial charge in [0.2, 0.25) is 0 Å². The summed E-state index contributed by atoms with van der Waals surface area (Å²) in [5.74, 6) is 1.13. The molecule has 6 nitrogen and oxygen atoms in total. The molecule has 1 aromatic heterocycles. The molecule has 5 unspecified atom stereocenters. The number of imidazole rings is 1. The molecular weight excluding hydrogens is 393 g/mol. The number of halogens is 1. The van der Waals surface area contributed by atoms with Crippen LogP contribution in [0.4, 0.5) is 4.39 Å². The van der Waals surface area contributed by atoms with Gasteiger partial charge in [-0.3, -0.25) is 5.43 Å². The summed E-state index contributed by atoms with van der Waals surface area (Å²) in [4.78, 5) is 8.20. The van der Waals surface area contributed by atoms with Crippen molar-refractivity contribution in [3.63, 3.8) is 0 Å². The minimum Gasteiger partial charge on any atom is -0.508 e. The van der Waals surface area contributed by atoms with Crippen LogP contribution in [0.5, 0.6) is 5.75 Å². The van der Waals surface area contributed by atoms with E-state index < -0.39 is 6.17 Å². The van der Waals surface area contributed by atoms with Gasteiger partial charge >= 0.3 is 0 Å². The molecule has 2 aliphatic heterocycles. The van der Waals surface area contributed by atoms with Crippen molar-refractivity contribution in [2.75, 3.05) is 13.1 Å². The quantitative estimate of drug-likeness (QED) is 0.518. The molecule has 1 saturated carbocycles. The molecule has 2 fully saturated rings. The Morgan fingerprint density at radius 1 is 1.23 bits per heavy atom. The van der Waals surface area contributed by atoms with Crippen LogP contribution in [-0.2, 0) is 6.42 Å². The van der Waals surface area contributed by atoms with Crippen LogP contribution in [0.3, 0.4) is 0 Å². The second kappa shape index (κ2) is 8.37. The van der Waals surface area contributed by atoms with Crippen molar-refractivity contribution in [2.24, 2.45) is 5.92 Å². The minimum atomic E-state index is -0.991. The molecule has 3 aliphatic rings. The molecule has 5 N–H and O–H groups in total. The predicted octanol–water partition coefficient (Wildman–Crippen LogP) is 3.49. The Morgan fingerprint density at radius 2 is 2.10 bits per heavy atom. The molecule has 0 spiro atoms. The van der Waals surface area contributed by atoms with Crippen molar-refractivity contribution in [2.45, 2.75) is 63.7 Å². The molecule has 5 rings (SSSR count). The lowest BCUT2D eigenvalue weighted by molar-refractivity contribution is 0.135. The largest absolute Gasteiger partial charge is 0.508 e. The third-order valence-electron chi connectivity index (χ3n) is 7.41. The zero-order valence-corrected chi connectivity index (χ0v) is 18.2. The van der Waals surface area contributed by atoms with Crippen LogP contribution >= 0.6 is 0 Å². The number of benzene rings is 1. The molecule has 0 radical (unpaired) electrons. The lowest BCUT2D eigenvalue weighted by atomic mass is 9.71. The lowest BCUT2D eigenvalue weighted by Gasteiger charge is -2.36. The van der Waals surface area contributed by atoms with E-state index in [9.17, 15) is 5.11 Å². The lowest BCUT2D eigenvalue weighted by Crippen LogP contribution is -2.45. The average molecular weight is 426 g/mol. The number of aromatic amines is 1. The van der Waals surface area contributed by atoms with E-state index in [4.69, 9.17) is 0 Å². The molecule has 7 heteroatoms. The number of fused-ring (bicyclic) bond motifs is 1. The van der Waals surface area contributed by atoms with Crippen molar-refractivity contribution < 1.29 is 9.50 Å². The second-order valence-electron chi connectivity index (χ2n) is 9.19. The first-order valence-corrected chi connectivity index (χ1v) is 11.5. The predicted molar refractivity (Wildman–Crippen MR) is 119 cm³/mol. The molecule has 1 aliphatic carbocycles. The van der Waals surface area contributed by atoms with E-state index >= 15 is 4.39 Å². The van der Waals surface area contributed by atoms with Crippen molar-refractivity contribution in [3.8, 4) is 5.75 Å². The van der Waals surface area contributed by atoms with Crippen LogP contribution < -0.4 is 16.2 Å². The molecule has 1 saturated heterocycles. The molecular formula is C24H32FN5O. The fourth-order valence-corrected chi connectivity index (χ4v) is 5.73. The molecule has 166 valence electrons. The Kier molecular flexibility index (Phi) is 5.58. The summed E-state index contributed by atoms with van der Waals surface area (Å²) in [6.07, 6.45) is 4.44. The number of H-pyrrole nitrogens is 1. The number of nitrogens with zero attached hydrogens (tertiary/aromatic N) is 1. The Bertz CT molecular complexity index is 986. The highest BCUT2D eigenvalue weighted by molar-refractivity contribution is 5.66. The van der Waals surface area contributed by atoms with Crippen molar-refractivity contribution in [1.82, 2.24) is 26.1 Å². The van der Waals surface area contributed by atoms with E-state index in [2.05, 4.69) is 40.0 Å². The molecule has 0 bridgehead atoms. The Balaban J connectivity index is 1.35. The van der Waals surface area contributed by atoms with Crippen LogP contribution in [0, 0.1) is 5.92 Å². The zero-order valence-electron chi connectivity index (χ0n) is 18.2. The van der Waals surface area contributed by atoms with E-state index in [-0.39, 0.29) is 29.7 Å². The van der Waals surface area contributed by atoms with E-state index in [1.807, 2.05) is 12.3 Å². The fourth-order valence-electron chi connectivity index (χ4n) is 5.73. The number of hydrogen-bond donors (Lipinski definition) is 5. The maximum absolute atomic E-state index is 15.7. The Morgan fingerprint density at radius 3 is 2.90 bits per heavy atom. The maximum atomic E-state index is 15.7. The van der Waals surface area contributed by atoms with Crippen LogP contribution in [-0.4, -0.2) is 40.4 Å². The first-order chi connectivity index (χ1) is 15.1. The summed E-state index contributed by atoms with van der Waals surface area (Å²) in [5, 5.41) is 13.2. The highest BCUT2D eigenvalue weighted by Gasteiger charge is 2.48. The van der Waals surface area contributed by atoms with Gasteiger partial charge in [-0.05, 0) is 68.0 Å². The highest BCUT2D eigenvalue weighted by Crippen LogP contribution is 2.45. The number of phenolic OH excluding ortho intramolecular Hbond substituents is 1. The first kappa shape index (κ1) is 20.7. The van der Waals surface area contributed by atoms with E-state index in [0.29, 0.717) is 0 Å². The van der Waals surface area contributed by atoms with Gasteiger partial charge in [0.15, 0.2) is 0 Å². The standard InChI is InChI=1S/C24H32FN5O/c1-3-14-10-15(31)4-5-17(14)18-6-7-19-22(21(18)25)29-30-23(19)24-27-12-20(28-24)16-8-9-26-11-13(16)2/h4-5,10,12,18-19,21-23,26,29-31H,3,6-9,11H2,1-2H3,(H,27,28). The Labute approximate surface area is 182 Å². The summed E-state index contributed by atoms with van der Waals surface area (Å²) in [6, 6.07) is 5.08. The third kappa shape index (κ3) is 3.69. The van der Waals surface area contributed by atoms with Gasteiger partial charge < -0.3 is 15.4 Å². The second-order valence-corrected chi connectivity index (χ2v) is 9.19.